The van der Waals surface area contributed by atoms with Crippen LogP contribution in [0.1, 0.15) is 46.6 Å². The largest absolute Gasteiger partial charge is 0.353 e. The first-order valence-electron chi connectivity index (χ1n) is 8.60. The van der Waals surface area contributed by atoms with Gasteiger partial charge in [-0.3, -0.25) is 4.79 Å². The molecule has 0 heterocycles. The molecule has 24 heavy (non-hydrogen) atoms. The highest BCUT2D eigenvalue weighted by molar-refractivity contribution is 7.89. The molecule has 1 atom stereocenters. The zero-order valence-electron chi connectivity index (χ0n) is 15.4. The fourth-order valence-corrected chi connectivity index (χ4v) is 3.75. The summed E-state index contributed by atoms with van der Waals surface area (Å²) in [5.41, 5.74) is 0.959. The lowest BCUT2D eigenvalue weighted by Crippen LogP contribution is -2.36. The lowest BCUT2D eigenvalue weighted by atomic mass is 10.1. The second-order valence-corrected chi connectivity index (χ2v) is 8.27. The van der Waals surface area contributed by atoms with Gasteiger partial charge in [0, 0.05) is 25.6 Å². The van der Waals surface area contributed by atoms with Crippen molar-refractivity contribution < 1.29 is 13.2 Å². The Bertz CT molecular complexity index is 620. The molecule has 136 valence electrons. The predicted molar refractivity (Wildman–Crippen MR) is 97.3 cm³/mol. The number of aryl methyl sites for hydroxylation is 1. The van der Waals surface area contributed by atoms with E-state index in [1.165, 1.54) is 4.31 Å². The van der Waals surface area contributed by atoms with Gasteiger partial charge in [-0.15, -0.1) is 0 Å². The van der Waals surface area contributed by atoms with Gasteiger partial charge in [-0.05, 0) is 37.0 Å². The molecular weight excluding hydrogens is 324 g/mol. The van der Waals surface area contributed by atoms with Crippen molar-refractivity contribution in [3.63, 3.8) is 0 Å². The summed E-state index contributed by atoms with van der Waals surface area (Å²) in [7, 11) is -3.42. The van der Waals surface area contributed by atoms with Crippen molar-refractivity contribution in [1.29, 1.82) is 0 Å². The maximum atomic E-state index is 12.4. The minimum Gasteiger partial charge on any atom is -0.353 e. The molecule has 1 unspecified atom stereocenters. The molecule has 0 radical (unpaired) electrons. The Hall–Kier alpha value is -1.40. The molecule has 1 aromatic rings. The molecule has 1 N–H and O–H groups in total. The minimum atomic E-state index is -3.42. The lowest BCUT2D eigenvalue weighted by Gasteiger charge is -2.18. The zero-order valence-corrected chi connectivity index (χ0v) is 16.2. The van der Waals surface area contributed by atoms with E-state index in [-0.39, 0.29) is 11.9 Å². The fraction of sp³-hybridized carbons (Fsp3) is 0.611. The average molecular weight is 355 g/mol. The van der Waals surface area contributed by atoms with Gasteiger partial charge in [0.05, 0.1) is 4.90 Å². The maximum absolute atomic E-state index is 12.4. The number of nitrogens with one attached hydrogen (secondary N) is 1. The number of amides is 1. The number of carbonyl (C=O) groups excluding carboxylic acids is 1. The quantitative estimate of drug-likeness (QED) is 0.741. The van der Waals surface area contributed by atoms with Crippen molar-refractivity contribution >= 4 is 15.9 Å². The van der Waals surface area contributed by atoms with E-state index in [0.29, 0.717) is 36.7 Å². The monoisotopic (exact) mass is 354 g/mol. The Kier molecular flexibility index (Phi) is 7.90. The number of benzene rings is 1. The van der Waals surface area contributed by atoms with E-state index < -0.39 is 10.0 Å². The smallest absolute Gasteiger partial charge is 0.243 e. The molecule has 1 amide bonds. The van der Waals surface area contributed by atoms with E-state index in [0.717, 1.165) is 5.56 Å². The van der Waals surface area contributed by atoms with Crippen molar-refractivity contribution in [3.05, 3.63) is 29.8 Å². The van der Waals surface area contributed by atoms with Gasteiger partial charge in [0.25, 0.3) is 0 Å². The summed E-state index contributed by atoms with van der Waals surface area (Å²) in [4.78, 5) is 12.2. The van der Waals surface area contributed by atoms with Crippen molar-refractivity contribution in [2.24, 2.45) is 5.92 Å². The molecule has 6 heteroatoms. The standard InChI is InChI=1S/C18H30N2O3S/c1-6-20(7-2)24(22,23)17-11-8-16(9-12-17)10-13-18(21)19-15(5)14(3)4/h8-9,11-12,14-15H,6-7,10,13H2,1-5H3,(H,19,21). The third kappa shape index (κ3) is 5.60. The van der Waals surface area contributed by atoms with E-state index in [9.17, 15) is 13.2 Å². The Labute approximate surface area is 146 Å². The van der Waals surface area contributed by atoms with Crippen LogP contribution < -0.4 is 5.32 Å². The van der Waals surface area contributed by atoms with E-state index in [4.69, 9.17) is 0 Å². The van der Waals surface area contributed by atoms with Crippen LogP contribution >= 0.6 is 0 Å². The first kappa shape index (κ1) is 20.6. The summed E-state index contributed by atoms with van der Waals surface area (Å²) in [6.45, 7) is 10.7. The minimum absolute atomic E-state index is 0.0241. The second kappa shape index (κ2) is 9.18. The zero-order chi connectivity index (χ0) is 18.3. The van der Waals surface area contributed by atoms with Crippen LogP contribution in [0.5, 0.6) is 0 Å². The molecule has 0 saturated heterocycles. The highest BCUT2D eigenvalue weighted by atomic mass is 32.2. The molecular formula is C18H30N2O3S. The molecule has 0 aliphatic heterocycles. The fourth-order valence-electron chi connectivity index (χ4n) is 2.29. The first-order chi connectivity index (χ1) is 11.2. The van der Waals surface area contributed by atoms with Crippen LogP contribution in [0.3, 0.4) is 0 Å². The second-order valence-electron chi connectivity index (χ2n) is 6.33. The van der Waals surface area contributed by atoms with Crippen molar-refractivity contribution in [2.45, 2.75) is 58.4 Å². The maximum Gasteiger partial charge on any atom is 0.243 e. The number of hydrogen-bond donors (Lipinski definition) is 1. The van der Waals surface area contributed by atoms with Gasteiger partial charge in [-0.1, -0.05) is 39.8 Å². The average Bonchev–Trinajstić information content (AvgIpc) is 2.54. The molecule has 0 spiro atoms. The van der Waals surface area contributed by atoms with Gasteiger partial charge < -0.3 is 5.32 Å². The summed E-state index contributed by atoms with van der Waals surface area (Å²) < 4.78 is 26.3. The molecule has 0 bridgehead atoms. The Balaban J connectivity index is 2.67. The Morgan fingerprint density at radius 1 is 1.08 bits per heavy atom. The van der Waals surface area contributed by atoms with Crippen LogP contribution in [-0.4, -0.2) is 37.8 Å². The van der Waals surface area contributed by atoms with E-state index in [2.05, 4.69) is 19.2 Å². The summed E-state index contributed by atoms with van der Waals surface area (Å²) in [6.07, 6.45) is 1.00. The first-order valence-corrected chi connectivity index (χ1v) is 10.0. The summed E-state index contributed by atoms with van der Waals surface area (Å²) >= 11 is 0. The molecule has 0 fully saturated rings. The number of rotatable bonds is 9. The summed E-state index contributed by atoms with van der Waals surface area (Å²) in [5.74, 6) is 0.426. The number of carbonyl (C=O) groups is 1. The van der Waals surface area contributed by atoms with Crippen LogP contribution in [0.15, 0.2) is 29.2 Å². The van der Waals surface area contributed by atoms with Gasteiger partial charge in [0.2, 0.25) is 15.9 Å². The molecule has 0 aliphatic rings. The van der Waals surface area contributed by atoms with E-state index >= 15 is 0 Å². The third-order valence-electron chi connectivity index (χ3n) is 4.30. The number of hydrogen-bond acceptors (Lipinski definition) is 3. The molecule has 0 aromatic heterocycles. The van der Waals surface area contributed by atoms with E-state index in [1.54, 1.807) is 24.3 Å². The highest BCUT2D eigenvalue weighted by Gasteiger charge is 2.21. The van der Waals surface area contributed by atoms with Gasteiger partial charge in [0.15, 0.2) is 0 Å². The molecule has 1 rings (SSSR count). The van der Waals surface area contributed by atoms with Gasteiger partial charge >= 0.3 is 0 Å². The SMILES string of the molecule is CCN(CC)S(=O)(=O)c1ccc(CCC(=O)NC(C)C(C)C)cc1. The van der Waals surface area contributed by atoms with Gasteiger partial charge in [-0.25, -0.2) is 8.42 Å². The number of nitrogens with zero attached hydrogens (tertiary/aromatic N) is 1. The van der Waals surface area contributed by atoms with Crippen LogP contribution in [0.4, 0.5) is 0 Å². The van der Waals surface area contributed by atoms with Crippen LogP contribution in [0.2, 0.25) is 0 Å². The molecule has 1 aromatic carbocycles. The van der Waals surface area contributed by atoms with E-state index in [1.807, 2.05) is 20.8 Å². The van der Waals surface area contributed by atoms with Crippen LogP contribution in [0.25, 0.3) is 0 Å². The van der Waals surface area contributed by atoms with Gasteiger partial charge in [0.1, 0.15) is 0 Å². The number of sulfonamides is 1. The Morgan fingerprint density at radius 3 is 2.08 bits per heavy atom. The summed E-state index contributed by atoms with van der Waals surface area (Å²) in [6, 6.07) is 6.97. The van der Waals surface area contributed by atoms with Crippen molar-refractivity contribution in [1.82, 2.24) is 9.62 Å². The van der Waals surface area contributed by atoms with Crippen molar-refractivity contribution in [3.8, 4) is 0 Å². The molecule has 5 nitrogen and oxygen atoms in total. The normalized spacial score (nSPS) is 13.3. The van der Waals surface area contributed by atoms with Gasteiger partial charge in [-0.2, -0.15) is 4.31 Å². The lowest BCUT2D eigenvalue weighted by molar-refractivity contribution is -0.121. The third-order valence-corrected chi connectivity index (χ3v) is 6.36. The topological polar surface area (TPSA) is 66.5 Å². The Morgan fingerprint density at radius 2 is 1.62 bits per heavy atom. The van der Waals surface area contributed by atoms with Crippen LogP contribution in [0, 0.1) is 5.92 Å². The molecule has 0 aliphatic carbocycles. The molecule has 0 saturated carbocycles. The summed E-state index contributed by atoms with van der Waals surface area (Å²) in [5, 5.41) is 2.97. The predicted octanol–water partition coefficient (Wildman–Crippen LogP) is 2.81. The highest BCUT2D eigenvalue weighted by Crippen LogP contribution is 2.17. The van der Waals surface area contributed by atoms with Crippen molar-refractivity contribution in [2.75, 3.05) is 13.1 Å². The van der Waals surface area contributed by atoms with Crippen LogP contribution in [-0.2, 0) is 21.2 Å².